The monoisotopic (exact) mass is 183 g/mol. The highest BCUT2D eigenvalue weighted by molar-refractivity contribution is 9.22. The van der Waals surface area contributed by atoms with Gasteiger partial charge >= 0.3 is 32.4 Å². The lowest BCUT2D eigenvalue weighted by Crippen LogP contribution is -1.56. The minimum atomic E-state index is -2.12. The molecule has 7 radical (unpaired) electrons. The third-order valence-corrected chi connectivity index (χ3v) is 0. The molecule has 0 saturated heterocycles. The maximum absolute atomic E-state index is 9.04. The first kappa shape index (κ1) is 10.2. The van der Waals surface area contributed by atoms with Crippen molar-refractivity contribution in [2.75, 3.05) is 6.26 Å². The first-order valence-corrected chi connectivity index (χ1v) is 6.60. The van der Waals surface area contributed by atoms with E-state index in [1.165, 1.54) is 0 Å². The van der Waals surface area contributed by atoms with E-state index in [4.69, 9.17) is 8.42 Å². The van der Waals surface area contributed by atoms with Gasteiger partial charge in [0.25, 0.3) is 0 Å². The quantitative estimate of drug-likeness (QED) is 0.414. The van der Waals surface area contributed by atoms with Crippen LogP contribution < -0.4 is 0 Å². The Hall–Kier alpha value is 1.20. The molecule has 0 atom stereocenters. The van der Waals surface area contributed by atoms with Gasteiger partial charge in [-0.05, 0) is 0 Å². The zero-order valence-corrected chi connectivity index (χ0v) is 7.24. The Morgan fingerprint density at radius 2 is 1.50 bits per heavy atom. The van der Waals surface area contributed by atoms with Gasteiger partial charge in [0.05, 0.1) is 0 Å². The Bertz CT molecular complexity index is 61.9. The van der Waals surface area contributed by atoms with Gasteiger partial charge in [0.1, 0.15) is 10.7 Å². The predicted octanol–water partition coefficient (Wildman–Crippen LogP) is -0.308. The maximum Gasteiger partial charge on any atom is 1.52 e. The summed E-state index contributed by atoms with van der Waals surface area (Å²) in [7, 11) is -2.12. The SMILES string of the molecule is C[SH](=O)=O.[Mg+2][Br]. The van der Waals surface area contributed by atoms with Crippen molar-refractivity contribution in [1.29, 1.82) is 0 Å². The summed E-state index contributed by atoms with van der Waals surface area (Å²) in [6, 6.07) is 0. The second kappa shape index (κ2) is 9.50. The van der Waals surface area contributed by atoms with Crippen LogP contribution in [0.2, 0.25) is 0 Å². The fourth-order valence-electron chi connectivity index (χ4n) is 0. The molecule has 0 aliphatic heterocycles. The van der Waals surface area contributed by atoms with E-state index in [1.807, 2.05) is 0 Å². The lowest BCUT2D eigenvalue weighted by atomic mass is 12.0. The van der Waals surface area contributed by atoms with Crippen LogP contribution in [-0.2, 0) is 10.7 Å². The number of thiol groups is 1. The number of rotatable bonds is 0. The second-order valence-electron chi connectivity index (χ2n) is 0.440. The summed E-state index contributed by atoms with van der Waals surface area (Å²) in [6.45, 7) is 0. The molecule has 0 fully saturated rings. The average molecular weight is 184 g/mol. The van der Waals surface area contributed by atoms with Gasteiger partial charge < -0.3 is 0 Å². The van der Waals surface area contributed by atoms with Crippen molar-refractivity contribution in [1.82, 2.24) is 0 Å². The lowest BCUT2D eigenvalue weighted by molar-refractivity contribution is 0.619. The summed E-state index contributed by atoms with van der Waals surface area (Å²) in [5.74, 6) is 0. The van der Waals surface area contributed by atoms with Crippen LogP contribution in [0.3, 0.4) is 0 Å². The van der Waals surface area contributed by atoms with E-state index in [2.05, 4.69) is 12.9 Å². The molecule has 0 rings (SSSR count). The van der Waals surface area contributed by atoms with Gasteiger partial charge in [0.2, 0.25) is 0 Å². The van der Waals surface area contributed by atoms with Gasteiger partial charge in [0, 0.05) is 6.26 Å². The molecule has 0 aromatic heterocycles. The van der Waals surface area contributed by atoms with Crippen LogP contribution in [0.4, 0.5) is 0 Å². The smallest absolute Gasteiger partial charge is 0.232 e. The van der Waals surface area contributed by atoms with E-state index in [0.717, 1.165) is 6.26 Å². The largest absolute Gasteiger partial charge is 1.52 e. The fourth-order valence-corrected chi connectivity index (χ4v) is 0. The van der Waals surface area contributed by atoms with Crippen molar-refractivity contribution in [2.45, 2.75) is 0 Å². The second-order valence-corrected chi connectivity index (χ2v) is 1.32. The number of hydrogen-bond acceptors (Lipinski definition) is 2. The fraction of sp³-hybridized carbons (Fsp3) is 1.00. The summed E-state index contributed by atoms with van der Waals surface area (Å²) < 4.78 is 18.1. The molecule has 33 valence electrons. The summed E-state index contributed by atoms with van der Waals surface area (Å²) in [6.07, 6.45) is 1.12. The van der Waals surface area contributed by atoms with Gasteiger partial charge in [-0.1, -0.05) is 0 Å². The van der Waals surface area contributed by atoms with Crippen LogP contribution in [0, 0.1) is 0 Å². The predicted molar refractivity (Wildman–Crippen MR) is 30.9 cm³/mol. The van der Waals surface area contributed by atoms with Crippen molar-refractivity contribution in [3.8, 4) is 0 Å². The number of halogens is 1. The summed E-state index contributed by atoms with van der Waals surface area (Å²) in [5, 5.41) is 0. The minimum Gasteiger partial charge on any atom is -0.232 e. The molecule has 0 amide bonds. The zero-order valence-electron chi connectivity index (χ0n) is 3.35. The standard InChI is InChI=1S/CH4O2S.BrH.Mg/c1-4(2)3;;/h4H,1H3;1H;/q;;+3/p-1. The van der Waals surface area contributed by atoms with Crippen molar-refractivity contribution in [2.24, 2.45) is 0 Å². The van der Waals surface area contributed by atoms with Crippen LogP contribution >= 0.6 is 12.9 Å². The third-order valence-electron chi connectivity index (χ3n) is 0. The highest BCUT2D eigenvalue weighted by Crippen LogP contribution is 1.41. The van der Waals surface area contributed by atoms with Gasteiger partial charge in [0.15, 0.2) is 0 Å². The van der Waals surface area contributed by atoms with Gasteiger partial charge in [-0.25, -0.2) is 8.42 Å². The highest BCUT2D eigenvalue weighted by Gasteiger charge is 2.13. The lowest BCUT2D eigenvalue weighted by Gasteiger charge is -1.41. The molecular formula is CH4BrMgO2S+2. The first-order valence-electron chi connectivity index (χ1n) is 1.08. The van der Waals surface area contributed by atoms with Crippen LogP contribution in [-0.4, -0.2) is 34.2 Å². The van der Waals surface area contributed by atoms with E-state index in [0.29, 0.717) is 0 Å². The molecule has 0 aliphatic carbocycles. The Morgan fingerprint density at radius 1 is 1.50 bits per heavy atom. The molecule has 0 heterocycles. The van der Waals surface area contributed by atoms with Crippen molar-refractivity contribution in [3.05, 3.63) is 0 Å². The average Bonchev–Trinajstić information content (AvgIpc) is 1.41. The molecule has 6 heavy (non-hydrogen) atoms. The van der Waals surface area contributed by atoms with Crippen molar-refractivity contribution >= 4 is 43.1 Å². The highest BCUT2D eigenvalue weighted by atomic mass is 79.9. The van der Waals surface area contributed by atoms with E-state index in [9.17, 15) is 0 Å². The van der Waals surface area contributed by atoms with Crippen LogP contribution in [0.25, 0.3) is 0 Å². The Kier molecular flexibility index (Phi) is 16.2. The van der Waals surface area contributed by atoms with Gasteiger partial charge in [-0.2, -0.15) is 0 Å². The minimum absolute atomic E-state index is 1.12. The third kappa shape index (κ3) is 63.9. The molecular weight excluding hydrogens is 180 g/mol. The Labute approximate surface area is 57.6 Å². The van der Waals surface area contributed by atoms with E-state index < -0.39 is 10.7 Å². The molecule has 0 N–H and O–H groups in total. The summed E-state index contributed by atoms with van der Waals surface area (Å²) in [4.78, 5) is 0. The molecule has 0 spiro atoms. The number of hydrogen-bond donors (Lipinski definition) is 1. The molecule has 0 bridgehead atoms. The van der Waals surface area contributed by atoms with Gasteiger partial charge in [-0.15, -0.1) is 0 Å². The normalized spacial score (nSPS) is 6.67. The molecule has 0 aromatic rings. The van der Waals surface area contributed by atoms with Crippen molar-refractivity contribution in [3.63, 3.8) is 0 Å². The molecule has 0 unspecified atom stereocenters. The van der Waals surface area contributed by atoms with E-state index in [-0.39, 0.29) is 0 Å². The summed E-state index contributed by atoms with van der Waals surface area (Å²) in [5.41, 5.74) is 0. The summed E-state index contributed by atoms with van der Waals surface area (Å²) >= 11 is 4.64. The van der Waals surface area contributed by atoms with Crippen molar-refractivity contribution < 1.29 is 8.42 Å². The maximum atomic E-state index is 9.04. The van der Waals surface area contributed by atoms with E-state index >= 15 is 0 Å². The molecule has 5 heteroatoms. The zero-order chi connectivity index (χ0) is 5.58. The Morgan fingerprint density at radius 3 is 1.50 bits per heavy atom. The van der Waals surface area contributed by atoms with E-state index in [1.54, 1.807) is 19.5 Å². The molecule has 0 aromatic carbocycles. The Balaban J connectivity index is 0. The molecule has 0 aliphatic rings. The van der Waals surface area contributed by atoms with Crippen LogP contribution in [0.1, 0.15) is 0 Å². The topological polar surface area (TPSA) is 34.1 Å². The molecule has 0 saturated carbocycles. The molecule has 2 nitrogen and oxygen atoms in total. The van der Waals surface area contributed by atoms with Crippen LogP contribution in [0.5, 0.6) is 0 Å². The van der Waals surface area contributed by atoms with Gasteiger partial charge in [-0.3, -0.25) is 0 Å². The first-order chi connectivity index (χ1) is 2.73. The van der Waals surface area contributed by atoms with Crippen LogP contribution in [0.15, 0.2) is 0 Å².